The number of hydrogen-bond donors (Lipinski definition) is 0. The fourth-order valence-corrected chi connectivity index (χ4v) is 13.6. The van der Waals surface area contributed by atoms with Crippen LogP contribution in [-0.4, -0.2) is 15.0 Å². The number of rotatable bonds is 3. The molecule has 0 amide bonds. The summed E-state index contributed by atoms with van der Waals surface area (Å²) in [6, 6.07) is 82.8. The number of thiophene rings is 1. The molecule has 10 aromatic carbocycles. The summed E-state index contributed by atoms with van der Waals surface area (Å²) in [6.07, 6.45) is 0. The van der Waals surface area contributed by atoms with Gasteiger partial charge in [-0.2, -0.15) is 0 Å². The average molecular weight is 868 g/mol. The van der Waals surface area contributed by atoms with Gasteiger partial charge in [0.2, 0.25) is 0 Å². The predicted molar refractivity (Wildman–Crippen MR) is 275 cm³/mol. The van der Waals surface area contributed by atoms with Crippen LogP contribution in [-0.2, 0) is 10.8 Å². The molecule has 0 aliphatic heterocycles. The molecule has 0 fully saturated rings. The van der Waals surface area contributed by atoms with Crippen LogP contribution in [0.5, 0.6) is 0 Å². The maximum Gasteiger partial charge on any atom is 0.164 e. The Hall–Kier alpha value is -8.31. The topological polar surface area (TPSA) is 38.7 Å². The van der Waals surface area contributed by atoms with Crippen molar-refractivity contribution >= 4 is 42.3 Å². The molecule has 0 N–H and O–H groups in total. The van der Waals surface area contributed by atoms with Crippen molar-refractivity contribution in [3.8, 4) is 56.4 Å². The maximum absolute atomic E-state index is 5.58. The highest BCUT2D eigenvalue weighted by molar-refractivity contribution is 7.25. The van der Waals surface area contributed by atoms with E-state index in [0.29, 0.717) is 17.5 Å². The van der Waals surface area contributed by atoms with E-state index in [1.54, 1.807) is 0 Å². The zero-order valence-corrected chi connectivity index (χ0v) is 36.9. The zero-order chi connectivity index (χ0) is 43.8. The molecule has 0 saturated heterocycles. The predicted octanol–water partition coefficient (Wildman–Crippen LogP) is 15.4. The smallest absolute Gasteiger partial charge is 0.164 e. The molecule has 2 aromatic heterocycles. The third kappa shape index (κ3) is 4.77. The lowest BCUT2D eigenvalue weighted by atomic mass is 9.52. The summed E-state index contributed by atoms with van der Waals surface area (Å²) >= 11 is 1.88. The van der Waals surface area contributed by atoms with Gasteiger partial charge in [0.25, 0.3) is 0 Å². The Kier molecular flexibility index (Phi) is 7.51. The summed E-state index contributed by atoms with van der Waals surface area (Å²) in [6.45, 7) is 0. The van der Waals surface area contributed by atoms with Crippen molar-refractivity contribution in [3.05, 3.63) is 269 Å². The molecule has 0 saturated carbocycles. The van der Waals surface area contributed by atoms with Crippen molar-refractivity contribution < 1.29 is 0 Å². The summed E-state index contributed by atoms with van der Waals surface area (Å²) in [5.74, 6) is 1.95. The highest BCUT2D eigenvalue weighted by atomic mass is 32.1. The molecule has 3 aliphatic carbocycles. The summed E-state index contributed by atoms with van der Waals surface area (Å²) in [5.41, 5.74) is 16.9. The van der Waals surface area contributed by atoms with Gasteiger partial charge >= 0.3 is 0 Å². The van der Waals surface area contributed by atoms with Crippen LogP contribution in [0, 0.1) is 0 Å². The second-order valence-electron chi connectivity index (χ2n) is 18.1. The number of benzene rings is 10. The first-order valence-corrected chi connectivity index (χ1v) is 23.8. The number of nitrogens with zero attached hydrogens (tertiary/aromatic N) is 3. The van der Waals surface area contributed by atoms with Crippen LogP contribution in [0.3, 0.4) is 0 Å². The lowest BCUT2D eigenvalue weighted by Crippen LogP contribution is -2.44. The Labute approximate surface area is 391 Å². The highest BCUT2D eigenvalue weighted by Crippen LogP contribution is 2.68. The van der Waals surface area contributed by atoms with Gasteiger partial charge in [-0.1, -0.05) is 206 Å². The Morgan fingerprint density at radius 3 is 1.49 bits per heavy atom. The first-order chi connectivity index (χ1) is 33.2. The van der Waals surface area contributed by atoms with E-state index in [-0.39, 0.29) is 0 Å². The van der Waals surface area contributed by atoms with Gasteiger partial charge in [-0.3, -0.25) is 0 Å². The van der Waals surface area contributed by atoms with Crippen molar-refractivity contribution in [1.29, 1.82) is 0 Å². The van der Waals surface area contributed by atoms with E-state index >= 15 is 0 Å². The Morgan fingerprint density at radius 1 is 0.284 bits per heavy atom. The van der Waals surface area contributed by atoms with Gasteiger partial charge in [0, 0.05) is 36.9 Å². The molecule has 310 valence electrons. The van der Waals surface area contributed by atoms with Crippen LogP contribution in [0.15, 0.2) is 224 Å². The third-order valence-electron chi connectivity index (χ3n) is 15.0. The van der Waals surface area contributed by atoms with Crippen LogP contribution < -0.4 is 0 Å². The van der Waals surface area contributed by atoms with E-state index in [1.807, 2.05) is 17.4 Å². The van der Waals surface area contributed by atoms with E-state index < -0.39 is 10.8 Å². The lowest BCUT2D eigenvalue weighted by molar-refractivity contribution is 0.633. The van der Waals surface area contributed by atoms with Gasteiger partial charge in [-0.05, 0) is 95.7 Å². The second-order valence-corrected chi connectivity index (χ2v) is 19.2. The number of hydrogen-bond acceptors (Lipinski definition) is 4. The fraction of sp³-hybridized carbons (Fsp3) is 0.0317. The van der Waals surface area contributed by atoms with Crippen LogP contribution in [0.2, 0.25) is 0 Å². The molecule has 0 radical (unpaired) electrons. The van der Waals surface area contributed by atoms with Gasteiger partial charge in [0.1, 0.15) is 0 Å². The monoisotopic (exact) mass is 867 g/mol. The standard InChI is InChI=1S/C63H37N3S/c1-2-19-39(20-3-1)59-64-60(45-27-16-21-38-18-4-5-22-40(38)45)66-61(65-59)46-28-17-26-44-47-36-48-43-25-8-15-35-56(43)67-57(48)37-55(47)63(58(44)46)53-33-13-11-31-51(53)62(52-32-12-14-34-54(52)63)49-29-9-6-23-41(49)42-24-7-10-30-50(42)62/h1-37H. The second kappa shape index (κ2) is 13.6. The molecule has 0 atom stereocenters. The average Bonchev–Trinajstić information content (AvgIpc) is 4.02. The van der Waals surface area contributed by atoms with Crippen molar-refractivity contribution in [3.63, 3.8) is 0 Å². The van der Waals surface area contributed by atoms with E-state index in [2.05, 4.69) is 218 Å². The first-order valence-electron chi connectivity index (χ1n) is 23.0. The van der Waals surface area contributed by atoms with Gasteiger partial charge in [0.15, 0.2) is 17.5 Å². The number of aromatic nitrogens is 3. The minimum atomic E-state index is -0.754. The minimum Gasteiger partial charge on any atom is -0.208 e. The Bertz CT molecular complexity index is 3970. The molecule has 2 heterocycles. The van der Waals surface area contributed by atoms with Crippen LogP contribution in [0.25, 0.3) is 87.4 Å². The molecule has 67 heavy (non-hydrogen) atoms. The van der Waals surface area contributed by atoms with E-state index in [0.717, 1.165) is 27.5 Å². The van der Waals surface area contributed by atoms with Crippen molar-refractivity contribution in [1.82, 2.24) is 15.0 Å². The molecule has 12 aromatic rings. The van der Waals surface area contributed by atoms with Gasteiger partial charge in [0.05, 0.1) is 10.8 Å². The van der Waals surface area contributed by atoms with Crippen LogP contribution >= 0.6 is 11.3 Å². The van der Waals surface area contributed by atoms with E-state index in [9.17, 15) is 0 Å². The Morgan fingerprint density at radius 2 is 0.776 bits per heavy atom. The van der Waals surface area contributed by atoms with Crippen molar-refractivity contribution in [2.24, 2.45) is 0 Å². The fourth-order valence-electron chi connectivity index (χ4n) is 12.5. The lowest BCUT2D eigenvalue weighted by Gasteiger charge is -2.49. The molecular formula is C63H37N3S. The summed E-state index contributed by atoms with van der Waals surface area (Å²) in [5, 5.41) is 4.82. The highest BCUT2D eigenvalue weighted by Gasteiger charge is 2.59. The third-order valence-corrected chi connectivity index (χ3v) is 16.1. The van der Waals surface area contributed by atoms with E-state index in [1.165, 1.54) is 86.9 Å². The molecule has 4 heteroatoms. The molecule has 2 spiro atoms. The quantitative estimate of drug-likeness (QED) is 0.178. The van der Waals surface area contributed by atoms with Crippen LogP contribution in [0.4, 0.5) is 0 Å². The van der Waals surface area contributed by atoms with Crippen LogP contribution in [0.1, 0.15) is 44.5 Å². The summed E-state index contributed by atoms with van der Waals surface area (Å²) in [7, 11) is 0. The normalized spacial score (nSPS) is 14.2. The van der Waals surface area contributed by atoms with Gasteiger partial charge in [-0.25, -0.2) is 15.0 Å². The maximum atomic E-state index is 5.58. The minimum absolute atomic E-state index is 0.555. The largest absolute Gasteiger partial charge is 0.208 e. The Balaban J connectivity index is 1.11. The molecule has 3 aliphatic rings. The van der Waals surface area contributed by atoms with Gasteiger partial charge < -0.3 is 0 Å². The SMILES string of the molecule is c1ccc(-c2nc(-c3cccc4c3C3(c5cc6sc7ccccc7c6cc5-4)c4ccccc4C4(c5ccccc5-c5ccccc54)c4ccccc43)nc(-c3cccc4ccccc34)n2)cc1. The van der Waals surface area contributed by atoms with Gasteiger partial charge in [-0.15, -0.1) is 11.3 Å². The summed E-state index contributed by atoms with van der Waals surface area (Å²) in [4.78, 5) is 16.4. The zero-order valence-electron chi connectivity index (χ0n) is 36.1. The first kappa shape index (κ1) is 37.0. The van der Waals surface area contributed by atoms with Crippen molar-refractivity contribution in [2.45, 2.75) is 10.8 Å². The molecule has 0 unspecified atom stereocenters. The molecule has 15 rings (SSSR count). The molecular weight excluding hydrogens is 831 g/mol. The molecule has 0 bridgehead atoms. The molecule has 3 nitrogen and oxygen atoms in total. The van der Waals surface area contributed by atoms with Crippen molar-refractivity contribution in [2.75, 3.05) is 0 Å². The summed E-state index contributed by atoms with van der Waals surface area (Å²) < 4.78 is 2.58. The van der Waals surface area contributed by atoms with E-state index in [4.69, 9.17) is 15.0 Å². The number of fused-ring (bicyclic) bond motifs is 20.